The van der Waals surface area contributed by atoms with E-state index in [1.165, 1.54) is 0 Å². The van der Waals surface area contributed by atoms with Crippen molar-refractivity contribution in [2.24, 2.45) is 0 Å². The maximum atomic E-state index is 12.7. The van der Waals surface area contributed by atoms with Crippen molar-refractivity contribution in [1.82, 2.24) is 0 Å². The molecule has 0 bridgehead atoms. The first-order valence-electron chi connectivity index (χ1n) is 4.99. The van der Waals surface area contributed by atoms with Gasteiger partial charge in [-0.25, -0.2) is 4.79 Å². The number of hydrogen-bond donors (Lipinski definition) is 0. The van der Waals surface area contributed by atoms with Crippen LogP contribution >= 0.6 is 0 Å². The number of carbonyl (C=O) groups is 1. The Bertz CT molecular complexity index is 600. The maximum Gasteiger partial charge on any atom is 0.573 e. The molecule has 1 aromatic carbocycles. The third kappa shape index (κ3) is 3.77. The molecule has 0 unspecified atom stereocenters. The van der Waals surface area contributed by atoms with Crippen LogP contribution < -0.4 is 4.74 Å². The molecular formula is C11H5F6NO3. The van der Waals surface area contributed by atoms with Gasteiger partial charge in [-0.3, -0.25) is 0 Å². The lowest BCUT2D eigenvalue weighted by molar-refractivity contribution is -0.275. The molecule has 0 aliphatic carbocycles. The average Bonchev–Trinajstić information content (AvgIpc) is 2.34. The molecule has 0 atom stereocenters. The van der Waals surface area contributed by atoms with Crippen LogP contribution in [0.25, 0.3) is 0 Å². The molecule has 0 aromatic heterocycles. The Labute approximate surface area is 113 Å². The quantitative estimate of drug-likeness (QED) is 0.621. The molecule has 114 valence electrons. The summed E-state index contributed by atoms with van der Waals surface area (Å²) in [5.74, 6) is -2.92. The van der Waals surface area contributed by atoms with Gasteiger partial charge in [0.25, 0.3) is 0 Å². The second-order valence-electron chi connectivity index (χ2n) is 3.51. The highest BCUT2D eigenvalue weighted by Gasteiger charge is 2.40. The molecule has 0 aliphatic rings. The lowest BCUT2D eigenvalue weighted by atomic mass is 10.0. The fraction of sp³-hybridized carbons (Fsp3) is 0.273. The minimum atomic E-state index is -5.39. The predicted octanol–water partition coefficient (Wildman–Crippen LogP) is 3.26. The van der Waals surface area contributed by atoms with E-state index in [-0.39, 0.29) is 0 Å². The fourth-order valence-electron chi connectivity index (χ4n) is 1.42. The van der Waals surface area contributed by atoms with Gasteiger partial charge in [0.1, 0.15) is 17.2 Å². The van der Waals surface area contributed by atoms with Crippen molar-refractivity contribution in [3.05, 3.63) is 28.8 Å². The van der Waals surface area contributed by atoms with Crippen LogP contribution in [-0.2, 0) is 10.9 Å². The molecular weight excluding hydrogens is 308 g/mol. The van der Waals surface area contributed by atoms with Gasteiger partial charge < -0.3 is 9.47 Å². The number of nitrogens with zero attached hydrogens (tertiary/aromatic N) is 1. The second-order valence-corrected chi connectivity index (χ2v) is 3.51. The fourth-order valence-corrected chi connectivity index (χ4v) is 1.42. The van der Waals surface area contributed by atoms with E-state index in [2.05, 4.69) is 9.47 Å². The summed E-state index contributed by atoms with van der Waals surface area (Å²) >= 11 is 0. The summed E-state index contributed by atoms with van der Waals surface area (Å²) in [6.07, 6.45) is -10.5. The van der Waals surface area contributed by atoms with Crippen LogP contribution in [0, 0.1) is 11.3 Å². The third-order valence-corrected chi connectivity index (χ3v) is 2.20. The molecule has 0 radical (unpaired) electrons. The van der Waals surface area contributed by atoms with Crippen LogP contribution in [0.1, 0.15) is 21.5 Å². The monoisotopic (exact) mass is 313 g/mol. The molecule has 0 heterocycles. The summed E-state index contributed by atoms with van der Waals surface area (Å²) in [5, 5.41) is 8.69. The zero-order valence-corrected chi connectivity index (χ0v) is 10.1. The zero-order valence-electron chi connectivity index (χ0n) is 10.1. The molecule has 0 N–H and O–H groups in total. The first-order valence-corrected chi connectivity index (χ1v) is 4.99. The van der Waals surface area contributed by atoms with Crippen LogP contribution in [0.15, 0.2) is 12.1 Å². The summed E-state index contributed by atoms with van der Waals surface area (Å²) < 4.78 is 82.3. The van der Waals surface area contributed by atoms with E-state index in [0.717, 1.165) is 13.2 Å². The Morgan fingerprint density at radius 3 is 2.14 bits per heavy atom. The van der Waals surface area contributed by atoms with Gasteiger partial charge in [-0.1, -0.05) is 0 Å². The highest BCUT2D eigenvalue weighted by molar-refractivity contribution is 5.93. The van der Waals surface area contributed by atoms with Crippen LogP contribution in [0.5, 0.6) is 5.75 Å². The van der Waals surface area contributed by atoms with Crippen molar-refractivity contribution in [2.45, 2.75) is 12.5 Å². The molecule has 1 aromatic rings. The van der Waals surface area contributed by atoms with E-state index in [1.54, 1.807) is 0 Å². The Kier molecular flexibility index (Phi) is 4.36. The number of rotatable bonds is 2. The van der Waals surface area contributed by atoms with Crippen molar-refractivity contribution in [2.75, 3.05) is 7.11 Å². The largest absolute Gasteiger partial charge is 0.573 e. The zero-order chi connectivity index (χ0) is 16.4. The normalized spacial score (nSPS) is 11.7. The molecule has 0 spiro atoms. The molecule has 1 rings (SSSR count). The minimum absolute atomic E-state index is 0.300. The number of carbonyl (C=O) groups excluding carboxylic acids is 1. The van der Waals surface area contributed by atoms with Crippen LogP contribution in [0.2, 0.25) is 0 Å². The number of hydrogen-bond acceptors (Lipinski definition) is 4. The SMILES string of the molecule is COC(=O)c1ccc(C(F)(F)F)c(C#N)c1OC(F)(F)F. The van der Waals surface area contributed by atoms with Gasteiger partial charge in [0.15, 0.2) is 5.75 Å². The van der Waals surface area contributed by atoms with E-state index >= 15 is 0 Å². The predicted molar refractivity (Wildman–Crippen MR) is 54.2 cm³/mol. The first kappa shape index (κ1) is 16.6. The third-order valence-electron chi connectivity index (χ3n) is 2.20. The molecule has 10 heteroatoms. The van der Waals surface area contributed by atoms with Gasteiger partial charge >= 0.3 is 18.5 Å². The number of methoxy groups -OCH3 is 1. The first-order chi connectivity index (χ1) is 9.51. The lowest BCUT2D eigenvalue weighted by Gasteiger charge is -2.17. The summed E-state index contributed by atoms with van der Waals surface area (Å²) in [6.45, 7) is 0. The number of nitriles is 1. The highest BCUT2D eigenvalue weighted by Crippen LogP contribution is 2.39. The molecule has 0 fully saturated rings. The van der Waals surface area contributed by atoms with E-state index in [9.17, 15) is 31.1 Å². The Morgan fingerprint density at radius 2 is 1.76 bits per heavy atom. The van der Waals surface area contributed by atoms with Crippen molar-refractivity contribution in [3.63, 3.8) is 0 Å². The van der Waals surface area contributed by atoms with Crippen molar-refractivity contribution in [1.29, 1.82) is 5.26 Å². The molecule has 4 nitrogen and oxygen atoms in total. The molecule has 21 heavy (non-hydrogen) atoms. The number of halogens is 6. The van der Waals surface area contributed by atoms with Crippen molar-refractivity contribution in [3.8, 4) is 11.8 Å². The van der Waals surface area contributed by atoms with E-state index < -0.39 is 40.9 Å². The van der Waals surface area contributed by atoms with Gasteiger partial charge in [-0.05, 0) is 12.1 Å². The second kappa shape index (κ2) is 5.51. The minimum Gasteiger partial charge on any atom is -0.465 e. The topological polar surface area (TPSA) is 59.3 Å². The molecule has 0 saturated heterocycles. The van der Waals surface area contributed by atoms with Crippen LogP contribution in [0.4, 0.5) is 26.3 Å². The van der Waals surface area contributed by atoms with Crippen LogP contribution in [0.3, 0.4) is 0 Å². The number of ether oxygens (including phenoxy) is 2. The van der Waals surface area contributed by atoms with Crippen molar-refractivity contribution >= 4 is 5.97 Å². The number of esters is 1. The highest BCUT2D eigenvalue weighted by atomic mass is 19.4. The molecule has 0 aliphatic heterocycles. The van der Waals surface area contributed by atoms with E-state index in [0.29, 0.717) is 12.1 Å². The standard InChI is InChI=1S/C11H5F6NO3/c1-20-9(19)5-2-3-7(10(12,13)14)6(4-18)8(5)21-11(15,16)17/h2-3H,1H3. The van der Waals surface area contributed by atoms with Crippen molar-refractivity contribution < 1.29 is 40.6 Å². The average molecular weight is 313 g/mol. The van der Waals surface area contributed by atoms with Gasteiger partial charge in [-0.15, -0.1) is 13.2 Å². The maximum absolute atomic E-state index is 12.7. The summed E-state index contributed by atoms with van der Waals surface area (Å²) in [6, 6.07) is 1.70. The summed E-state index contributed by atoms with van der Waals surface area (Å²) in [4.78, 5) is 11.3. The summed E-state index contributed by atoms with van der Waals surface area (Å²) in [7, 11) is 0.809. The summed E-state index contributed by atoms with van der Waals surface area (Å²) in [5.41, 5.74) is -4.06. The lowest BCUT2D eigenvalue weighted by Crippen LogP contribution is -2.22. The Balaban J connectivity index is 3.65. The van der Waals surface area contributed by atoms with E-state index in [1.807, 2.05) is 0 Å². The van der Waals surface area contributed by atoms with E-state index in [4.69, 9.17) is 5.26 Å². The Morgan fingerprint density at radius 1 is 1.19 bits per heavy atom. The van der Waals surface area contributed by atoms with Gasteiger partial charge in [0, 0.05) is 0 Å². The van der Waals surface area contributed by atoms with Gasteiger partial charge in [0.2, 0.25) is 0 Å². The molecule has 0 amide bonds. The number of alkyl halides is 6. The smallest absolute Gasteiger partial charge is 0.465 e. The number of benzene rings is 1. The van der Waals surface area contributed by atoms with Crippen LogP contribution in [-0.4, -0.2) is 19.4 Å². The Hall–Kier alpha value is -2.44. The van der Waals surface area contributed by atoms with Gasteiger partial charge in [-0.2, -0.15) is 18.4 Å². The van der Waals surface area contributed by atoms with Gasteiger partial charge in [0.05, 0.1) is 12.7 Å². The molecule has 0 saturated carbocycles.